The van der Waals surface area contributed by atoms with E-state index >= 15 is 0 Å². The first-order chi connectivity index (χ1) is 8.62. The van der Waals surface area contributed by atoms with E-state index in [2.05, 4.69) is 24.1 Å². The van der Waals surface area contributed by atoms with Gasteiger partial charge in [0.1, 0.15) is 0 Å². The van der Waals surface area contributed by atoms with E-state index in [1.807, 2.05) is 4.57 Å². The van der Waals surface area contributed by atoms with Gasteiger partial charge in [-0.25, -0.2) is 4.98 Å². The second-order valence-corrected chi connectivity index (χ2v) is 6.09. The highest BCUT2D eigenvalue weighted by atomic mass is 16.1. The van der Waals surface area contributed by atoms with Gasteiger partial charge in [0.15, 0.2) is 5.82 Å². The van der Waals surface area contributed by atoms with Crippen molar-refractivity contribution in [3.63, 3.8) is 0 Å². The fourth-order valence-electron chi connectivity index (χ4n) is 2.56. The molecule has 3 rings (SSSR count). The maximum Gasteiger partial charge on any atom is 0.293 e. The lowest BCUT2D eigenvalue weighted by Gasteiger charge is -2.20. The third kappa shape index (κ3) is 2.04. The van der Waals surface area contributed by atoms with Gasteiger partial charge in [0.25, 0.3) is 5.56 Å². The van der Waals surface area contributed by atoms with Crippen LogP contribution >= 0.6 is 0 Å². The first kappa shape index (κ1) is 11.8. The zero-order valence-electron chi connectivity index (χ0n) is 11.1. The Balaban J connectivity index is 1.73. The lowest BCUT2D eigenvalue weighted by molar-refractivity contribution is 0.379. The fourth-order valence-corrected chi connectivity index (χ4v) is 2.56. The summed E-state index contributed by atoms with van der Waals surface area (Å²) in [4.78, 5) is 16.4. The lowest BCUT2D eigenvalue weighted by Crippen LogP contribution is -2.28. The molecule has 98 valence electrons. The molecule has 0 saturated heterocycles. The van der Waals surface area contributed by atoms with E-state index in [1.54, 1.807) is 12.4 Å². The maximum atomic E-state index is 12.2. The third-order valence-electron chi connectivity index (χ3n) is 4.53. The van der Waals surface area contributed by atoms with E-state index in [0.717, 1.165) is 19.4 Å². The zero-order valence-corrected chi connectivity index (χ0v) is 11.1. The van der Waals surface area contributed by atoms with Gasteiger partial charge in [-0.1, -0.05) is 13.8 Å². The first-order valence-corrected chi connectivity index (χ1v) is 6.93. The molecule has 0 bridgehead atoms. The molecule has 1 heterocycles. The summed E-state index contributed by atoms with van der Waals surface area (Å²) in [7, 11) is 0. The number of aromatic nitrogens is 2. The van der Waals surface area contributed by atoms with Gasteiger partial charge in [0.2, 0.25) is 0 Å². The molecule has 4 heteroatoms. The molecule has 2 fully saturated rings. The zero-order chi connectivity index (χ0) is 12.8. The van der Waals surface area contributed by atoms with Gasteiger partial charge >= 0.3 is 0 Å². The Morgan fingerprint density at radius 1 is 1.50 bits per heavy atom. The Morgan fingerprint density at radius 2 is 2.22 bits per heavy atom. The molecule has 0 aromatic carbocycles. The molecule has 1 aromatic heterocycles. The predicted octanol–water partition coefficient (Wildman–Crippen LogP) is 2.43. The number of hydrogen-bond acceptors (Lipinski definition) is 3. The van der Waals surface area contributed by atoms with Gasteiger partial charge in [0.05, 0.1) is 0 Å². The summed E-state index contributed by atoms with van der Waals surface area (Å²) in [5.74, 6) is 1.19. The lowest BCUT2D eigenvalue weighted by atomic mass is 9.92. The maximum absolute atomic E-state index is 12.2. The SMILES string of the molecule is CC(C)C1(CNc2nccn(C3CC3)c2=O)CC1. The Kier molecular flexibility index (Phi) is 2.68. The van der Waals surface area contributed by atoms with Crippen LogP contribution < -0.4 is 10.9 Å². The smallest absolute Gasteiger partial charge is 0.293 e. The molecule has 4 nitrogen and oxygen atoms in total. The van der Waals surface area contributed by atoms with Crippen LogP contribution in [0.1, 0.15) is 45.6 Å². The Morgan fingerprint density at radius 3 is 2.78 bits per heavy atom. The Hall–Kier alpha value is -1.32. The monoisotopic (exact) mass is 247 g/mol. The molecule has 18 heavy (non-hydrogen) atoms. The summed E-state index contributed by atoms with van der Waals surface area (Å²) < 4.78 is 1.82. The van der Waals surface area contributed by atoms with Gasteiger partial charge in [0, 0.05) is 25.0 Å². The molecule has 2 aliphatic carbocycles. The van der Waals surface area contributed by atoms with E-state index < -0.39 is 0 Å². The minimum atomic E-state index is 0.0413. The highest BCUT2D eigenvalue weighted by Crippen LogP contribution is 2.51. The van der Waals surface area contributed by atoms with E-state index in [4.69, 9.17) is 0 Å². The highest BCUT2D eigenvalue weighted by molar-refractivity contribution is 5.32. The molecule has 1 aromatic rings. The van der Waals surface area contributed by atoms with Crippen molar-refractivity contribution in [2.24, 2.45) is 11.3 Å². The molecular weight excluding hydrogens is 226 g/mol. The largest absolute Gasteiger partial charge is 0.365 e. The Labute approximate surface area is 107 Å². The van der Waals surface area contributed by atoms with Gasteiger partial charge in [-0.05, 0) is 37.0 Å². The van der Waals surface area contributed by atoms with Crippen molar-refractivity contribution in [3.05, 3.63) is 22.7 Å². The summed E-state index contributed by atoms with van der Waals surface area (Å²) in [5, 5.41) is 3.28. The normalized spacial score (nSPS) is 21.1. The van der Waals surface area contributed by atoms with Crippen molar-refractivity contribution in [1.82, 2.24) is 9.55 Å². The summed E-state index contributed by atoms with van der Waals surface area (Å²) in [5.41, 5.74) is 0.438. The molecule has 2 saturated carbocycles. The van der Waals surface area contributed by atoms with Gasteiger partial charge < -0.3 is 9.88 Å². The van der Waals surface area contributed by atoms with Crippen molar-refractivity contribution in [3.8, 4) is 0 Å². The van der Waals surface area contributed by atoms with Crippen LogP contribution in [0.4, 0.5) is 5.82 Å². The van der Waals surface area contributed by atoms with Crippen molar-refractivity contribution in [2.75, 3.05) is 11.9 Å². The van der Waals surface area contributed by atoms with Crippen molar-refractivity contribution in [2.45, 2.75) is 45.6 Å². The van der Waals surface area contributed by atoms with Crippen LogP contribution in [0, 0.1) is 11.3 Å². The molecule has 0 amide bonds. The standard InChI is InChI=1S/C14H21N3O/c1-10(2)14(5-6-14)9-16-12-13(18)17(8-7-15-12)11-3-4-11/h7-8,10-11H,3-6,9H2,1-2H3,(H,15,16). The second-order valence-electron chi connectivity index (χ2n) is 6.09. The second kappa shape index (κ2) is 4.11. The number of rotatable bonds is 5. The van der Waals surface area contributed by atoms with E-state index in [9.17, 15) is 4.79 Å². The average Bonchev–Trinajstić information content (AvgIpc) is 3.22. The molecule has 0 atom stereocenters. The van der Waals surface area contributed by atoms with Crippen LogP contribution in [0.5, 0.6) is 0 Å². The minimum absolute atomic E-state index is 0.0413. The number of anilines is 1. The van der Waals surface area contributed by atoms with Crippen LogP contribution in [0.3, 0.4) is 0 Å². The summed E-state index contributed by atoms with van der Waals surface area (Å²) in [6, 6.07) is 0.418. The van der Waals surface area contributed by atoms with Crippen LogP contribution in [-0.2, 0) is 0 Å². The van der Waals surface area contributed by atoms with Gasteiger partial charge in [-0.15, -0.1) is 0 Å². The van der Waals surface area contributed by atoms with E-state index in [1.165, 1.54) is 12.8 Å². The van der Waals surface area contributed by atoms with E-state index in [0.29, 0.717) is 23.2 Å². The molecule has 1 N–H and O–H groups in total. The Bertz CT molecular complexity index is 498. The predicted molar refractivity (Wildman–Crippen MR) is 71.8 cm³/mol. The summed E-state index contributed by atoms with van der Waals surface area (Å²) in [6.45, 7) is 5.40. The topological polar surface area (TPSA) is 46.9 Å². The average molecular weight is 247 g/mol. The summed E-state index contributed by atoms with van der Waals surface area (Å²) >= 11 is 0. The van der Waals surface area contributed by atoms with Crippen LogP contribution in [0.15, 0.2) is 17.2 Å². The number of hydrogen-bond donors (Lipinski definition) is 1. The number of nitrogens with one attached hydrogen (secondary N) is 1. The molecule has 0 unspecified atom stereocenters. The van der Waals surface area contributed by atoms with Crippen molar-refractivity contribution in [1.29, 1.82) is 0 Å². The molecular formula is C14H21N3O. The number of nitrogens with zero attached hydrogens (tertiary/aromatic N) is 2. The first-order valence-electron chi connectivity index (χ1n) is 6.93. The van der Waals surface area contributed by atoms with Crippen LogP contribution in [-0.4, -0.2) is 16.1 Å². The summed E-state index contributed by atoms with van der Waals surface area (Å²) in [6.07, 6.45) is 8.32. The molecule has 0 spiro atoms. The van der Waals surface area contributed by atoms with Crippen LogP contribution in [0.25, 0.3) is 0 Å². The molecule has 0 aliphatic heterocycles. The highest BCUT2D eigenvalue weighted by Gasteiger charge is 2.45. The van der Waals surface area contributed by atoms with Crippen molar-refractivity contribution < 1.29 is 0 Å². The van der Waals surface area contributed by atoms with Crippen molar-refractivity contribution >= 4 is 5.82 Å². The molecule has 0 radical (unpaired) electrons. The van der Waals surface area contributed by atoms with E-state index in [-0.39, 0.29) is 5.56 Å². The van der Waals surface area contributed by atoms with Gasteiger partial charge in [-0.3, -0.25) is 4.79 Å². The molecule has 2 aliphatic rings. The quantitative estimate of drug-likeness (QED) is 0.869. The van der Waals surface area contributed by atoms with Crippen LogP contribution in [0.2, 0.25) is 0 Å². The fraction of sp³-hybridized carbons (Fsp3) is 0.714. The third-order valence-corrected chi connectivity index (χ3v) is 4.53. The minimum Gasteiger partial charge on any atom is -0.365 e. The van der Waals surface area contributed by atoms with Gasteiger partial charge in [-0.2, -0.15) is 0 Å².